The molecule has 0 amide bonds. The molecule has 0 saturated carbocycles. The summed E-state index contributed by atoms with van der Waals surface area (Å²) in [6.07, 6.45) is 0.543. The molecule has 0 aromatic heterocycles. The van der Waals surface area contributed by atoms with Crippen LogP contribution in [-0.2, 0) is 13.0 Å². The monoisotopic (exact) mass is 317 g/mol. The maximum Gasteiger partial charge on any atom is 0.119 e. The van der Waals surface area contributed by atoms with Crippen LogP contribution in [-0.4, -0.2) is 35.8 Å². The molecule has 0 saturated heterocycles. The molecular weight excluding hydrogens is 298 g/mol. The Hall–Kier alpha value is -1.55. The highest BCUT2D eigenvalue weighted by Gasteiger charge is 2.18. The van der Waals surface area contributed by atoms with Gasteiger partial charge in [-0.15, -0.1) is 0 Å². The van der Waals surface area contributed by atoms with Crippen LogP contribution in [0.4, 0.5) is 0 Å². The van der Waals surface area contributed by atoms with E-state index in [1.165, 1.54) is 11.1 Å². The standard InChI is InChI=1S/C18H20ClNO2/c19-16-5-7-18(8-6-16)22-13-17(21)12-20-10-9-14-3-1-2-4-15(14)11-20/h1-8,17,21H,9-13H2. The first-order valence-corrected chi connectivity index (χ1v) is 7.94. The van der Waals surface area contributed by atoms with Crippen molar-refractivity contribution in [3.8, 4) is 5.75 Å². The molecule has 3 nitrogen and oxygen atoms in total. The van der Waals surface area contributed by atoms with E-state index in [2.05, 4.69) is 29.2 Å². The number of nitrogens with zero attached hydrogens (tertiary/aromatic N) is 1. The number of aliphatic hydroxyl groups is 1. The number of β-amino-alcohol motifs (C(OH)–C–C–N with tert-alkyl or cyclic N) is 1. The molecule has 22 heavy (non-hydrogen) atoms. The molecule has 0 radical (unpaired) electrons. The van der Waals surface area contributed by atoms with Crippen LogP contribution in [0.2, 0.25) is 5.02 Å². The Morgan fingerprint density at radius 2 is 1.82 bits per heavy atom. The van der Waals surface area contributed by atoms with E-state index < -0.39 is 6.10 Å². The van der Waals surface area contributed by atoms with E-state index in [9.17, 15) is 5.11 Å². The summed E-state index contributed by atoms with van der Waals surface area (Å²) in [7, 11) is 0. The van der Waals surface area contributed by atoms with Gasteiger partial charge in [0, 0.05) is 24.7 Å². The molecule has 1 atom stereocenters. The molecule has 116 valence electrons. The van der Waals surface area contributed by atoms with Crippen LogP contribution >= 0.6 is 11.6 Å². The minimum atomic E-state index is -0.499. The highest BCUT2D eigenvalue weighted by atomic mass is 35.5. The van der Waals surface area contributed by atoms with Crippen LogP contribution in [0.1, 0.15) is 11.1 Å². The number of fused-ring (bicyclic) bond motifs is 1. The van der Waals surface area contributed by atoms with Gasteiger partial charge in [-0.2, -0.15) is 0 Å². The third kappa shape index (κ3) is 4.01. The van der Waals surface area contributed by atoms with Crippen molar-refractivity contribution in [2.45, 2.75) is 19.1 Å². The second kappa shape index (κ2) is 7.14. The Morgan fingerprint density at radius 1 is 1.09 bits per heavy atom. The molecule has 2 aromatic carbocycles. The lowest BCUT2D eigenvalue weighted by Gasteiger charge is -2.30. The maximum absolute atomic E-state index is 10.2. The second-order valence-corrected chi connectivity index (χ2v) is 6.11. The molecule has 1 aliphatic rings. The van der Waals surface area contributed by atoms with Crippen LogP contribution in [0.25, 0.3) is 0 Å². The fraction of sp³-hybridized carbons (Fsp3) is 0.333. The van der Waals surface area contributed by atoms with Crippen LogP contribution in [0.5, 0.6) is 5.75 Å². The van der Waals surface area contributed by atoms with Crippen molar-refractivity contribution >= 4 is 11.6 Å². The van der Waals surface area contributed by atoms with Gasteiger partial charge in [0.2, 0.25) is 0 Å². The molecule has 1 heterocycles. The molecule has 0 bridgehead atoms. The average molecular weight is 318 g/mol. The molecule has 1 unspecified atom stereocenters. The smallest absolute Gasteiger partial charge is 0.119 e. The molecule has 2 aromatic rings. The normalized spacial score (nSPS) is 16.1. The Labute approximate surface area is 136 Å². The summed E-state index contributed by atoms with van der Waals surface area (Å²) in [6, 6.07) is 15.7. The lowest BCUT2D eigenvalue weighted by Crippen LogP contribution is -2.38. The van der Waals surface area contributed by atoms with Crippen molar-refractivity contribution in [3.05, 3.63) is 64.7 Å². The van der Waals surface area contributed by atoms with E-state index in [0.29, 0.717) is 18.2 Å². The Kier molecular flexibility index (Phi) is 4.98. The van der Waals surface area contributed by atoms with Crippen molar-refractivity contribution in [2.75, 3.05) is 19.7 Å². The van der Waals surface area contributed by atoms with Gasteiger partial charge in [0.15, 0.2) is 0 Å². The quantitative estimate of drug-likeness (QED) is 0.919. The number of hydrogen-bond donors (Lipinski definition) is 1. The summed E-state index contributed by atoms with van der Waals surface area (Å²) in [5, 5.41) is 10.9. The SMILES string of the molecule is OC(COc1ccc(Cl)cc1)CN1CCc2ccccc2C1. The summed E-state index contributed by atoms with van der Waals surface area (Å²) in [5.41, 5.74) is 2.78. The van der Waals surface area contributed by atoms with E-state index in [1.54, 1.807) is 12.1 Å². The van der Waals surface area contributed by atoms with Gasteiger partial charge in [0.25, 0.3) is 0 Å². The molecule has 3 rings (SSSR count). The van der Waals surface area contributed by atoms with Gasteiger partial charge in [-0.1, -0.05) is 35.9 Å². The predicted molar refractivity (Wildman–Crippen MR) is 88.4 cm³/mol. The van der Waals surface area contributed by atoms with Crippen molar-refractivity contribution in [1.82, 2.24) is 4.90 Å². The van der Waals surface area contributed by atoms with Crippen molar-refractivity contribution in [3.63, 3.8) is 0 Å². The first-order valence-electron chi connectivity index (χ1n) is 7.56. The maximum atomic E-state index is 10.2. The zero-order valence-corrected chi connectivity index (χ0v) is 13.2. The molecule has 1 aliphatic heterocycles. The Balaban J connectivity index is 1.48. The van der Waals surface area contributed by atoms with Crippen molar-refractivity contribution in [1.29, 1.82) is 0 Å². The van der Waals surface area contributed by atoms with Crippen LogP contribution in [0.3, 0.4) is 0 Å². The Morgan fingerprint density at radius 3 is 2.59 bits per heavy atom. The zero-order valence-electron chi connectivity index (χ0n) is 12.4. The fourth-order valence-electron chi connectivity index (χ4n) is 2.78. The van der Waals surface area contributed by atoms with Gasteiger partial charge < -0.3 is 9.84 Å². The van der Waals surface area contributed by atoms with Crippen LogP contribution in [0, 0.1) is 0 Å². The summed E-state index contributed by atoms with van der Waals surface area (Å²) in [6.45, 7) is 2.80. The lowest BCUT2D eigenvalue weighted by molar-refractivity contribution is 0.0638. The number of aliphatic hydroxyl groups excluding tert-OH is 1. The molecule has 0 fully saturated rings. The van der Waals surface area contributed by atoms with E-state index in [0.717, 1.165) is 25.3 Å². The van der Waals surface area contributed by atoms with Gasteiger partial charge >= 0.3 is 0 Å². The molecule has 0 spiro atoms. The minimum absolute atomic E-state index is 0.291. The van der Waals surface area contributed by atoms with E-state index in [1.807, 2.05) is 12.1 Å². The summed E-state index contributed by atoms with van der Waals surface area (Å²) in [4.78, 5) is 2.28. The minimum Gasteiger partial charge on any atom is -0.491 e. The van der Waals surface area contributed by atoms with Gasteiger partial charge in [-0.3, -0.25) is 4.90 Å². The van der Waals surface area contributed by atoms with E-state index >= 15 is 0 Å². The predicted octanol–water partition coefficient (Wildman–Crippen LogP) is 3.14. The van der Waals surface area contributed by atoms with Gasteiger partial charge in [0.1, 0.15) is 18.5 Å². The number of halogens is 1. The zero-order chi connectivity index (χ0) is 15.4. The van der Waals surface area contributed by atoms with E-state index in [-0.39, 0.29) is 0 Å². The molecule has 4 heteroatoms. The third-order valence-electron chi connectivity index (χ3n) is 3.93. The second-order valence-electron chi connectivity index (χ2n) is 5.67. The summed E-state index contributed by atoms with van der Waals surface area (Å²) in [5.74, 6) is 0.729. The van der Waals surface area contributed by atoms with Gasteiger partial charge in [-0.05, 0) is 41.8 Å². The number of hydrogen-bond acceptors (Lipinski definition) is 3. The molecule has 0 aliphatic carbocycles. The Bertz CT molecular complexity index is 615. The van der Waals surface area contributed by atoms with Crippen molar-refractivity contribution in [2.24, 2.45) is 0 Å². The fourth-order valence-corrected chi connectivity index (χ4v) is 2.91. The molecule has 1 N–H and O–H groups in total. The van der Waals surface area contributed by atoms with Gasteiger partial charge in [0.05, 0.1) is 0 Å². The topological polar surface area (TPSA) is 32.7 Å². The van der Waals surface area contributed by atoms with Crippen molar-refractivity contribution < 1.29 is 9.84 Å². The van der Waals surface area contributed by atoms with Gasteiger partial charge in [-0.25, -0.2) is 0 Å². The highest BCUT2D eigenvalue weighted by molar-refractivity contribution is 6.30. The van der Waals surface area contributed by atoms with Crippen LogP contribution < -0.4 is 4.74 Å². The number of benzene rings is 2. The number of rotatable bonds is 5. The summed E-state index contributed by atoms with van der Waals surface area (Å²) < 4.78 is 5.60. The first-order chi connectivity index (χ1) is 10.7. The summed E-state index contributed by atoms with van der Waals surface area (Å²) >= 11 is 5.83. The lowest BCUT2D eigenvalue weighted by atomic mass is 10.00. The molecular formula is C18H20ClNO2. The van der Waals surface area contributed by atoms with Crippen LogP contribution in [0.15, 0.2) is 48.5 Å². The largest absolute Gasteiger partial charge is 0.491 e. The number of ether oxygens (including phenoxy) is 1. The third-order valence-corrected chi connectivity index (χ3v) is 4.19. The average Bonchev–Trinajstić information content (AvgIpc) is 2.54. The van der Waals surface area contributed by atoms with E-state index in [4.69, 9.17) is 16.3 Å². The first kappa shape index (κ1) is 15.3. The highest BCUT2D eigenvalue weighted by Crippen LogP contribution is 2.19.